The van der Waals surface area contributed by atoms with Gasteiger partial charge < -0.3 is 0 Å². The summed E-state index contributed by atoms with van der Waals surface area (Å²) in [6.45, 7) is 0. The lowest BCUT2D eigenvalue weighted by Crippen LogP contribution is -2.09. The standard InChI is InChI=1S/C13H15N3OS2/c17-12(10-6-3-7-18-10)14-13-16-15-11(19-13)8-9-4-1-2-5-9/h3,6-7,9H,1-2,4-5,8H2,(H,14,16,17). The molecular weight excluding hydrogens is 278 g/mol. The first kappa shape index (κ1) is 12.7. The molecular formula is C13H15N3OS2. The van der Waals surface area contributed by atoms with Crippen LogP contribution in [0.4, 0.5) is 5.13 Å². The maximum Gasteiger partial charge on any atom is 0.267 e. The molecule has 0 aliphatic heterocycles. The van der Waals surface area contributed by atoms with E-state index in [4.69, 9.17) is 0 Å². The fourth-order valence-electron chi connectivity index (χ4n) is 2.41. The average Bonchev–Trinajstić information content (AvgIpc) is 3.10. The maximum atomic E-state index is 11.9. The van der Waals surface area contributed by atoms with Gasteiger partial charge in [-0.1, -0.05) is 43.1 Å². The predicted octanol–water partition coefficient (Wildman–Crippen LogP) is 3.58. The number of amides is 1. The Balaban J connectivity index is 1.60. The molecule has 2 heterocycles. The SMILES string of the molecule is O=C(Nc1nnc(CC2CCCC2)s1)c1cccs1. The van der Waals surface area contributed by atoms with Crippen LogP contribution in [0.3, 0.4) is 0 Å². The van der Waals surface area contributed by atoms with Crippen LogP contribution in [0.25, 0.3) is 0 Å². The molecule has 0 aromatic carbocycles. The van der Waals surface area contributed by atoms with E-state index in [9.17, 15) is 4.79 Å². The van der Waals surface area contributed by atoms with Crippen molar-refractivity contribution in [1.82, 2.24) is 10.2 Å². The zero-order valence-electron chi connectivity index (χ0n) is 10.5. The quantitative estimate of drug-likeness (QED) is 0.937. The lowest BCUT2D eigenvalue weighted by molar-refractivity contribution is 0.103. The molecule has 2 aromatic rings. The minimum absolute atomic E-state index is 0.0985. The minimum atomic E-state index is -0.0985. The van der Waals surface area contributed by atoms with Crippen molar-refractivity contribution < 1.29 is 4.79 Å². The molecule has 0 atom stereocenters. The maximum absolute atomic E-state index is 11.9. The molecule has 0 spiro atoms. The molecule has 0 radical (unpaired) electrons. The van der Waals surface area contributed by atoms with Crippen molar-refractivity contribution >= 4 is 33.7 Å². The van der Waals surface area contributed by atoms with Crippen LogP contribution in [0.2, 0.25) is 0 Å². The van der Waals surface area contributed by atoms with E-state index in [0.29, 0.717) is 10.0 Å². The molecule has 1 saturated carbocycles. The third-order valence-corrected chi connectivity index (χ3v) is 5.10. The number of aromatic nitrogens is 2. The van der Waals surface area contributed by atoms with E-state index >= 15 is 0 Å². The lowest BCUT2D eigenvalue weighted by Gasteiger charge is -2.03. The topological polar surface area (TPSA) is 54.9 Å². The number of carbonyl (C=O) groups is 1. The molecule has 0 saturated heterocycles. The summed E-state index contributed by atoms with van der Waals surface area (Å²) in [7, 11) is 0. The summed E-state index contributed by atoms with van der Waals surface area (Å²) in [5, 5.41) is 14.6. The van der Waals surface area contributed by atoms with Crippen LogP contribution < -0.4 is 5.32 Å². The van der Waals surface area contributed by atoms with E-state index in [1.54, 1.807) is 6.07 Å². The average molecular weight is 293 g/mol. The molecule has 1 N–H and O–H groups in total. The summed E-state index contributed by atoms with van der Waals surface area (Å²) in [6.07, 6.45) is 6.29. The van der Waals surface area contributed by atoms with Crippen molar-refractivity contribution in [3.05, 3.63) is 27.4 Å². The third kappa shape index (κ3) is 3.19. The fourth-order valence-corrected chi connectivity index (χ4v) is 3.88. The first-order valence-electron chi connectivity index (χ1n) is 6.48. The highest BCUT2D eigenvalue weighted by Gasteiger charge is 2.18. The summed E-state index contributed by atoms with van der Waals surface area (Å²) in [6, 6.07) is 3.67. The first-order chi connectivity index (χ1) is 9.31. The number of carbonyl (C=O) groups excluding carboxylic acids is 1. The Kier molecular flexibility index (Phi) is 3.89. The second-order valence-corrected chi connectivity index (χ2v) is 6.80. The van der Waals surface area contributed by atoms with Gasteiger partial charge in [0.05, 0.1) is 4.88 Å². The first-order valence-corrected chi connectivity index (χ1v) is 8.18. The number of anilines is 1. The van der Waals surface area contributed by atoms with Crippen molar-refractivity contribution in [3.8, 4) is 0 Å². The number of rotatable bonds is 4. The minimum Gasteiger partial charge on any atom is -0.296 e. The number of hydrogen-bond donors (Lipinski definition) is 1. The van der Waals surface area contributed by atoms with Gasteiger partial charge in [0, 0.05) is 6.42 Å². The predicted molar refractivity (Wildman–Crippen MR) is 77.8 cm³/mol. The lowest BCUT2D eigenvalue weighted by atomic mass is 10.1. The summed E-state index contributed by atoms with van der Waals surface area (Å²) in [5.74, 6) is 0.660. The van der Waals surface area contributed by atoms with Gasteiger partial charge in [-0.3, -0.25) is 10.1 Å². The van der Waals surface area contributed by atoms with Gasteiger partial charge in [0.2, 0.25) is 5.13 Å². The highest BCUT2D eigenvalue weighted by atomic mass is 32.1. The highest BCUT2D eigenvalue weighted by Crippen LogP contribution is 2.29. The van der Waals surface area contributed by atoms with Crippen molar-refractivity contribution in [3.63, 3.8) is 0 Å². The number of nitrogens with zero attached hydrogens (tertiary/aromatic N) is 2. The monoisotopic (exact) mass is 293 g/mol. The molecule has 0 unspecified atom stereocenters. The zero-order valence-corrected chi connectivity index (χ0v) is 12.1. The smallest absolute Gasteiger partial charge is 0.267 e. The molecule has 2 aromatic heterocycles. The van der Waals surface area contributed by atoms with Crippen molar-refractivity contribution in [2.75, 3.05) is 5.32 Å². The molecule has 1 fully saturated rings. The largest absolute Gasteiger partial charge is 0.296 e. The molecule has 100 valence electrons. The van der Waals surface area contributed by atoms with Crippen LogP contribution in [0, 0.1) is 5.92 Å². The molecule has 3 rings (SSSR count). The zero-order chi connectivity index (χ0) is 13.1. The van der Waals surface area contributed by atoms with Crippen LogP contribution in [0.1, 0.15) is 40.4 Å². The van der Waals surface area contributed by atoms with Crippen molar-refractivity contribution in [2.45, 2.75) is 32.1 Å². The van der Waals surface area contributed by atoms with Crippen LogP contribution in [-0.4, -0.2) is 16.1 Å². The van der Waals surface area contributed by atoms with E-state index in [0.717, 1.165) is 17.3 Å². The van der Waals surface area contributed by atoms with E-state index in [-0.39, 0.29) is 5.91 Å². The van der Waals surface area contributed by atoms with Gasteiger partial charge in [-0.25, -0.2) is 0 Å². The van der Waals surface area contributed by atoms with Gasteiger partial charge in [-0.15, -0.1) is 21.5 Å². The molecule has 1 aliphatic carbocycles. The van der Waals surface area contributed by atoms with Crippen LogP contribution in [0.5, 0.6) is 0 Å². The Hall–Kier alpha value is -1.27. The van der Waals surface area contributed by atoms with E-state index < -0.39 is 0 Å². The Morgan fingerprint density at radius 3 is 2.95 bits per heavy atom. The number of hydrogen-bond acceptors (Lipinski definition) is 5. The van der Waals surface area contributed by atoms with Gasteiger partial charge in [-0.05, 0) is 17.4 Å². The van der Waals surface area contributed by atoms with Gasteiger partial charge in [0.25, 0.3) is 5.91 Å². The van der Waals surface area contributed by atoms with E-state index in [1.807, 2.05) is 11.4 Å². The second kappa shape index (κ2) is 5.79. The van der Waals surface area contributed by atoms with Crippen LogP contribution in [0.15, 0.2) is 17.5 Å². The molecule has 1 amide bonds. The van der Waals surface area contributed by atoms with Crippen LogP contribution in [-0.2, 0) is 6.42 Å². The van der Waals surface area contributed by atoms with Crippen molar-refractivity contribution in [1.29, 1.82) is 0 Å². The summed E-state index contributed by atoms with van der Waals surface area (Å²) < 4.78 is 0. The van der Waals surface area contributed by atoms with Gasteiger partial charge in [0.15, 0.2) is 0 Å². The van der Waals surface area contributed by atoms with E-state index in [2.05, 4.69) is 15.5 Å². The van der Waals surface area contributed by atoms with Crippen LogP contribution >= 0.6 is 22.7 Å². The summed E-state index contributed by atoms with van der Waals surface area (Å²) >= 11 is 2.92. The fraction of sp³-hybridized carbons (Fsp3) is 0.462. The summed E-state index contributed by atoms with van der Waals surface area (Å²) in [5.41, 5.74) is 0. The number of thiophene rings is 1. The van der Waals surface area contributed by atoms with Gasteiger partial charge >= 0.3 is 0 Å². The molecule has 0 bridgehead atoms. The molecule has 1 aliphatic rings. The normalized spacial score (nSPS) is 15.8. The van der Waals surface area contributed by atoms with Gasteiger partial charge in [-0.2, -0.15) is 0 Å². The Morgan fingerprint density at radius 1 is 1.37 bits per heavy atom. The Morgan fingerprint density at radius 2 is 2.21 bits per heavy atom. The third-order valence-electron chi connectivity index (χ3n) is 3.37. The highest BCUT2D eigenvalue weighted by molar-refractivity contribution is 7.15. The summed E-state index contributed by atoms with van der Waals surface area (Å²) in [4.78, 5) is 12.6. The molecule has 6 heteroatoms. The molecule has 4 nitrogen and oxygen atoms in total. The second-order valence-electron chi connectivity index (χ2n) is 4.79. The van der Waals surface area contributed by atoms with E-state index in [1.165, 1.54) is 48.4 Å². The molecule has 19 heavy (non-hydrogen) atoms. The Labute approximate surface area is 119 Å². The Bertz CT molecular complexity index is 544. The van der Waals surface area contributed by atoms with Crippen molar-refractivity contribution in [2.24, 2.45) is 5.92 Å². The number of nitrogens with one attached hydrogen (secondary N) is 1. The van der Waals surface area contributed by atoms with Gasteiger partial charge in [0.1, 0.15) is 5.01 Å².